The number of carbonyl (C=O) groups excluding carboxylic acids is 2. The summed E-state index contributed by atoms with van der Waals surface area (Å²) in [6, 6.07) is 2.75. The minimum atomic E-state index is -0.917. The Morgan fingerprint density at radius 3 is 2.68 bits per heavy atom. The first kappa shape index (κ1) is 16.5. The molecule has 1 N–H and O–H groups in total. The van der Waals surface area contributed by atoms with Crippen molar-refractivity contribution < 1.29 is 23.5 Å². The van der Waals surface area contributed by atoms with E-state index in [1.54, 1.807) is 0 Å². The van der Waals surface area contributed by atoms with Crippen LogP contribution < -0.4 is 0 Å². The summed E-state index contributed by atoms with van der Waals surface area (Å²) in [6.07, 6.45) is -0.0174. The highest BCUT2D eigenvalue weighted by atomic mass is 19.1. The molecule has 0 bridgehead atoms. The summed E-state index contributed by atoms with van der Waals surface area (Å²) in [5.41, 5.74) is -0.207. The molecule has 0 saturated carbocycles. The zero-order valence-corrected chi connectivity index (χ0v) is 12.4. The van der Waals surface area contributed by atoms with Gasteiger partial charge in [0.05, 0.1) is 11.7 Å². The second-order valence-corrected chi connectivity index (χ2v) is 5.72. The van der Waals surface area contributed by atoms with E-state index in [0.717, 1.165) is 12.1 Å². The van der Waals surface area contributed by atoms with E-state index in [-0.39, 0.29) is 36.8 Å². The van der Waals surface area contributed by atoms with Crippen molar-refractivity contribution in [2.24, 2.45) is 5.92 Å². The second-order valence-electron chi connectivity index (χ2n) is 5.72. The molecule has 2 unspecified atom stereocenters. The predicted octanol–water partition coefficient (Wildman–Crippen LogP) is 2.16. The average Bonchev–Trinajstić information content (AvgIpc) is 2.47. The fraction of sp³-hybridized carbons (Fsp3) is 0.500. The highest BCUT2D eigenvalue weighted by Crippen LogP contribution is 2.19. The molecule has 120 valence electrons. The van der Waals surface area contributed by atoms with E-state index in [4.69, 9.17) is 0 Å². The largest absolute Gasteiger partial charge is 0.391 e. The molecule has 6 heteroatoms. The Bertz CT molecular complexity index is 577. The summed E-state index contributed by atoms with van der Waals surface area (Å²) in [5, 5.41) is 9.77. The van der Waals surface area contributed by atoms with E-state index in [9.17, 15) is 23.5 Å². The molecule has 1 aliphatic rings. The third-order valence-corrected chi connectivity index (χ3v) is 4.07. The van der Waals surface area contributed by atoms with Gasteiger partial charge in [0, 0.05) is 32.0 Å². The highest BCUT2D eigenvalue weighted by molar-refractivity contribution is 5.98. The Balaban J connectivity index is 1.89. The standard InChI is InChI=1S/C16H19F2NO3/c1-10-6-7-19(9-15(10)21)16(22)5-4-14(20)12-3-2-11(17)8-13(12)18/h2-3,8,10,15,21H,4-7,9H2,1H3. The van der Waals surface area contributed by atoms with E-state index in [2.05, 4.69) is 0 Å². The summed E-state index contributed by atoms with van der Waals surface area (Å²) in [6.45, 7) is 2.74. The van der Waals surface area contributed by atoms with Crippen molar-refractivity contribution in [3.05, 3.63) is 35.4 Å². The van der Waals surface area contributed by atoms with Crippen LogP contribution in [0.25, 0.3) is 0 Å². The molecule has 1 saturated heterocycles. The molecule has 1 aliphatic heterocycles. The number of hydrogen-bond donors (Lipinski definition) is 1. The van der Waals surface area contributed by atoms with Crippen LogP contribution in [0, 0.1) is 17.6 Å². The Morgan fingerprint density at radius 1 is 1.32 bits per heavy atom. The number of aliphatic hydroxyl groups excluding tert-OH is 1. The van der Waals surface area contributed by atoms with Gasteiger partial charge in [-0.1, -0.05) is 6.92 Å². The minimum absolute atomic E-state index is 0.0449. The number of benzene rings is 1. The quantitative estimate of drug-likeness (QED) is 0.867. The Kier molecular flexibility index (Phi) is 5.24. The van der Waals surface area contributed by atoms with Crippen LogP contribution in [-0.4, -0.2) is 40.9 Å². The van der Waals surface area contributed by atoms with Crippen molar-refractivity contribution in [1.29, 1.82) is 0 Å². The lowest BCUT2D eigenvalue weighted by Gasteiger charge is -2.34. The van der Waals surface area contributed by atoms with Crippen molar-refractivity contribution in [2.75, 3.05) is 13.1 Å². The number of amides is 1. The average molecular weight is 311 g/mol. The van der Waals surface area contributed by atoms with Gasteiger partial charge in [-0.25, -0.2) is 8.78 Å². The van der Waals surface area contributed by atoms with Crippen molar-refractivity contribution >= 4 is 11.7 Å². The fourth-order valence-corrected chi connectivity index (χ4v) is 2.50. The molecule has 4 nitrogen and oxygen atoms in total. The number of rotatable bonds is 4. The monoisotopic (exact) mass is 311 g/mol. The molecule has 2 rings (SSSR count). The van der Waals surface area contributed by atoms with Crippen molar-refractivity contribution in [3.8, 4) is 0 Å². The van der Waals surface area contributed by atoms with Crippen LogP contribution in [-0.2, 0) is 4.79 Å². The molecule has 1 fully saturated rings. The summed E-state index contributed by atoms with van der Waals surface area (Å²) in [5.74, 6) is -2.28. The Hall–Kier alpha value is -1.82. The third kappa shape index (κ3) is 3.88. The van der Waals surface area contributed by atoms with E-state index in [1.807, 2.05) is 6.92 Å². The Labute approximate surface area is 127 Å². The van der Waals surface area contributed by atoms with Gasteiger partial charge in [-0.3, -0.25) is 9.59 Å². The maximum Gasteiger partial charge on any atom is 0.223 e. The van der Waals surface area contributed by atoms with Gasteiger partial charge in [-0.15, -0.1) is 0 Å². The molecule has 1 aromatic carbocycles. The Morgan fingerprint density at radius 2 is 2.05 bits per heavy atom. The smallest absolute Gasteiger partial charge is 0.223 e. The minimum Gasteiger partial charge on any atom is -0.391 e. The number of aliphatic hydroxyl groups is 1. The zero-order chi connectivity index (χ0) is 16.3. The van der Waals surface area contributed by atoms with Crippen LogP contribution in [0.4, 0.5) is 8.78 Å². The lowest BCUT2D eigenvalue weighted by Crippen LogP contribution is -2.45. The molecular formula is C16H19F2NO3. The second kappa shape index (κ2) is 6.96. The maximum absolute atomic E-state index is 13.5. The van der Waals surface area contributed by atoms with Crippen LogP contribution in [0.1, 0.15) is 36.5 Å². The molecule has 0 aromatic heterocycles. The summed E-state index contributed by atoms with van der Waals surface area (Å²) >= 11 is 0. The van der Waals surface area contributed by atoms with E-state index in [0.29, 0.717) is 19.0 Å². The molecule has 0 spiro atoms. The van der Waals surface area contributed by atoms with Gasteiger partial charge in [0.2, 0.25) is 5.91 Å². The van der Waals surface area contributed by atoms with E-state index < -0.39 is 23.5 Å². The van der Waals surface area contributed by atoms with Gasteiger partial charge in [-0.05, 0) is 24.5 Å². The van der Waals surface area contributed by atoms with Crippen molar-refractivity contribution in [2.45, 2.75) is 32.3 Å². The zero-order valence-electron chi connectivity index (χ0n) is 12.4. The van der Waals surface area contributed by atoms with Gasteiger partial charge >= 0.3 is 0 Å². The molecule has 1 aromatic rings. The topological polar surface area (TPSA) is 57.6 Å². The van der Waals surface area contributed by atoms with Crippen LogP contribution in [0.15, 0.2) is 18.2 Å². The lowest BCUT2D eigenvalue weighted by atomic mass is 9.95. The van der Waals surface area contributed by atoms with E-state index >= 15 is 0 Å². The molecule has 22 heavy (non-hydrogen) atoms. The molecule has 2 atom stereocenters. The number of hydrogen-bond acceptors (Lipinski definition) is 3. The number of ketones is 1. The number of β-amino-alcohol motifs (C(OH)–C–C–N with tert-alkyl or cyclic N) is 1. The highest BCUT2D eigenvalue weighted by Gasteiger charge is 2.27. The number of nitrogens with zero attached hydrogens (tertiary/aromatic N) is 1. The van der Waals surface area contributed by atoms with Crippen LogP contribution in [0.2, 0.25) is 0 Å². The number of likely N-dealkylation sites (tertiary alicyclic amines) is 1. The first-order chi connectivity index (χ1) is 10.4. The lowest BCUT2D eigenvalue weighted by molar-refractivity contribution is -0.135. The van der Waals surface area contributed by atoms with Crippen LogP contribution in [0.5, 0.6) is 0 Å². The van der Waals surface area contributed by atoms with Crippen LogP contribution in [0.3, 0.4) is 0 Å². The number of Topliss-reactive ketones (excluding diaryl/α,β-unsaturated/α-hetero) is 1. The van der Waals surface area contributed by atoms with Crippen molar-refractivity contribution in [3.63, 3.8) is 0 Å². The van der Waals surface area contributed by atoms with Gasteiger partial charge < -0.3 is 10.0 Å². The summed E-state index contributed by atoms with van der Waals surface area (Å²) < 4.78 is 26.3. The molecule has 1 heterocycles. The fourth-order valence-electron chi connectivity index (χ4n) is 2.50. The van der Waals surface area contributed by atoms with Crippen molar-refractivity contribution in [1.82, 2.24) is 4.90 Å². The van der Waals surface area contributed by atoms with Gasteiger partial charge in [0.15, 0.2) is 5.78 Å². The first-order valence-electron chi connectivity index (χ1n) is 7.32. The first-order valence-corrected chi connectivity index (χ1v) is 7.32. The number of piperidine rings is 1. The SMILES string of the molecule is CC1CCN(C(=O)CCC(=O)c2ccc(F)cc2F)CC1O. The van der Waals surface area contributed by atoms with Gasteiger partial charge in [-0.2, -0.15) is 0 Å². The summed E-state index contributed by atoms with van der Waals surface area (Å²) in [4.78, 5) is 25.5. The normalized spacial score (nSPS) is 21.7. The van der Waals surface area contributed by atoms with Gasteiger partial charge in [0.25, 0.3) is 0 Å². The van der Waals surface area contributed by atoms with Crippen LogP contribution >= 0.6 is 0 Å². The predicted molar refractivity (Wildman–Crippen MR) is 76.3 cm³/mol. The maximum atomic E-state index is 13.5. The molecular weight excluding hydrogens is 292 g/mol. The number of carbonyl (C=O) groups is 2. The van der Waals surface area contributed by atoms with E-state index in [1.165, 1.54) is 4.90 Å². The summed E-state index contributed by atoms with van der Waals surface area (Å²) in [7, 11) is 0. The number of halogens is 2. The molecule has 0 aliphatic carbocycles. The molecule has 0 radical (unpaired) electrons. The third-order valence-electron chi connectivity index (χ3n) is 4.07. The molecule has 1 amide bonds. The van der Waals surface area contributed by atoms with Gasteiger partial charge in [0.1, 0.15) is 11.6 Å².